The average Bonchev–Trinajstić information content (AvgIpc) is 2.66. The van der Waals surface area contributed by atoms with Crippen LogP contribution >= 0.6 is 0 Å². The number of ketones is 1. The van der Waals surface area contributed by atoms with E-state index >= 15 is 0 Å². The van der Waals surface area contributed by atoms with Gasteiger partial charge in [0.2, 0.25) is 5.91 Å². The molecule has 0 atom stereocenters. The lowest BCUT2D eigenvalue weighted by molar-refractivity contribution is -0.115. The number of hydrogen-bond donors (Lipinski definition) is 2. The summed E-state index contributed by atoms with van der Waals surface area (Å²) in [6.45, 7) is 1.27. The summed E-state index contributed by atoms with van der Waals surface area (Å²) in [5, 5.41) is 11.7. The number of aliphatic hydroxyl groups is 1. The second kappa shape index (κ2) is 8.75. The second-order valence-corrected chi connectivity index (χ2v) is 5.33. The van der Waals surface area contributed by atoms with Crippen LogP contribution in [0.5, 0.6) is 0 Å². The fraction of sp³-hybridized carbons (Fsp3) is 0.211. The van der Waals surface area contributed by atoms with Gasteiger partial charge < -0.3 is 15.2 Å². The van der Waals surface area contributed by atoms with Gasteiger partial charge in [-0.1, -0.05) is 19.1 Å². The molecule has 0 unspecified atom stereocenters. The predicted octanol–water partition coefficient (Wildman–Crippen LogP) is 2.57. The van der Waals surface area contributed by atoms with Crippen molar-refractivity contribution in [3.8, 4) is 0 Å². The minimum Gasteiger partial charge on any atom is -0.454 e. The van der Waals surface area contributed by atoms with Crippen LogP contribution in [0, 0.1) is 0 Å². The van der Waals surface area contributed by atoms with Crippen molar-refractivity contribution in [2.24, 2.45) is 0 Å². The Morgan fingerprint density at radius 3 is 2.12 bits per heavy atom. The zero-order chi connectivity index (χ0) is 18.2. The second-order valence-electron chi connectivity index (χ2n) is 5.33. The Kier molecular flexibility index (Phi) is 6.42. The van der Waals surface area contributed by atoms with Gasteiger partial charge in [0.25, 0.3) is 0 Å². The molecule has 2 aromatic carbocycles. The Hall–Kier alpha value is -2.99. The summed E-state index contributed by atoms with van der Waals surface area (Å²) in [5.74, 6) is -1.06. The summed E-state index contributed by atoms with van der Waals surface area (Å²) in [6.07, 6.45) is 0.371. The fourth-order valence-electron chi connectivity index (χ4n) is 2.03. The van der Waals surface area contributed by atoms with E-state index in [1.165, 1.54) is 12.1 Å². The molecule has 0 aliphatic carbocycles. The van der Waals surface area contributed by atoms with Crippen LogP contribution in [0.4, 0.5) is 5.69 Å². The summed E-state index contributed by atoms with van der Waals surface area (Å²) in [6, 6.07) is 12.7. The molecule has 6 nitrogen and oxygen atoms in total. The molecule has 0 bridgehead atoms. The number of hydrogen-bond acceptors (Lipinski definition) is 5. The Balaban J connectivity index is 1.90. The third-order valence-corrected chi connectivity index (χ3v) is 3.52. The van der Waals surface area contributed by atoms with Gasteiger partial charge in [0.05, 0.1) is 12.2 Å². The van der Waals surface area contributed by atoms with Crippen molar-refractivity contribution in [1.82, 2.24) is 0 Å². The number of rotatable bonds is 7. The third kappa shape index (κ3) is 5.26. The Morgan fingerprint density at radius 2 is 1.56 bits per heavy atom. The van der Waals surface area contributed by atoms with Crippen LogP contribution in [-0.4, -0.2) is 29.4 Å². The minimum atomic E-state index is -0.607. The number of carbonyl (C=O) groups is 3. The van der Waals surface area contributed by atoms with Crippen molar-refractivity contribution >= 4 is 23.3 Å². The van der Waals surface area contributed by atoms with Crippen molar-refractivity contribution in [3.63, 3.8) is 0 Å². The van der Waals surface area contributed by atoms with Gasteiger partial charge in [-0.3, -0.25) is 9.59 Å². The fourth-order valence-corrected chi connectivity index (χ4v) is 2.03. The first-order valence-electron chi connectivity index (χ1n) is 7.83. The molecule has 130 valence electrons. The van der Waals surface area contributed by atoms with Crippen LogP contribution in [-0.2, 0) is 16.1 Å². The first-order chi connectivity index (χ1) is 12.0. The molecule has 0 saturated carbocycles. The molecule has 2 rings (SSSR count). The van der Waals surface area contributed by atoms with Crippen molar-refractivity contribution in [1.29, 1.82) is 0 Å². The highest BCUT2D eigenvalue weighted by molar-refractivity contribution is 6.00. The molecule has 2 N–H and O–H groups in total. The van der Waals surface area contributed by atoms with Crippen LogP contribution < -0.4 is 5.32 Å². The quantitative estimate of drug-likeness (QED) is 0.596. The molecule has 2 aromatic rings. The number of ether oxygens (including phenoxy) is 1. The van der Waals surface area contributed by atoms with Gasteiger partial charge in [-0.05, 0) is 42.0 Å². The monoisotopic (exact) mass is 341 g/mol. The van der Waals surface area contributed by atoms with E-state index in [-0.39, 0.29) is 24.9 Å². The van der Waals surface area contributed by atoms with E-state index in [2.05, 4.69) is 5.32 Å². The number of Topliss-reactive ketones (excluding diaryl/α,β-unsaturated/α-hetero) is 1. The summed E-state index contributed by atoms with van der Waals surface area (Å²) < 4.78 is 5.01. The maximum absolute atomic E-state index is 12.1. The van der Waals surface area contributed by atoms with Crippen LogP contribution in [0.15, 0.2) is 48.5 Å². The Labute approximate surface area is 145 Å². The number of carbonyl (C=O) groups excluding carboxylic acids is 3. The highest BCUT2D eigenvalue weighted by Crippen LogP contribution is 2.11. The zero-order valence-corrected chi connectivity index (χ0v) is 13.8. The minimum absolute atomic E-state index is 0.109. The molecule has 0 saturated heterocycles. The molecule has 25 heavy (non-hydrogen) atoms. The van der Waals surface area contributed by atoms with Gasteiger partial charge in [0.15, 0.2) is 12.4 Å². The molecule has 0 heterocycles. The van der Waals surface area contributed by atoms with Crippen molar-refractivity contribution in [2.45, 2.75) is 20.0 Å². The zero-order valence-electron chi connectivity index (χ0n) is 13.8. The summed E-state index contributed by atoms with van der Waals surface area (Å²) >= 11 is 0. The van der Waals surface area contributed by atoms with Crippen LogP contribution in [0.3, 0.4) is 0 Å². The predicted molar refractivity (Wildman–Crippen MR) is 92.3 cm³/mol. The Bertz CT molecular complexity index is 750. The van der Waals surface area contributed by atoms with Crippen molar-refractivity contribution in [2.75, 3.05) is 11.9 Å². The molecule has 0 radical (unpaired) electrons. The topological polar surface area (TPSA) is 92.7 Å². The molecular formula is C19H19NO5. The molecule has 6 heteroatoms. The number of nitrogens with one attached hydrogen (secondary N) is 1. The lowest BCUT2D eigenvalue weighted by Crippen LogP contribution is -2.14. The van der Waals surface area contributed by atoms with E-state index in [1.807, 2.05) is 0 Å². The van der Waals surface area contributed by atoms with E-state index in [0.29, 0.717) is 28.8 Å². The van der Waals surface area contributed by atoms with E-state index in [9.17, 15) is 14.4 Å². The lowest BCUT2D eigenvalue weighted by atomic mass is 10.1. The van der Waals surface area contributed by atoms with Crippen LogP contribution in [0.2, 0.25) is 0 Å². The third-order valence-electron chi connectivity index (χ3n) is 3.52. The van der Waals surface area contributed by atoms with Gasteiger partial charge in [0.1, 0.15) is 0 Å². The first kappa shape index (κ1) is 18.4. The van der Waals surface area contributed by atoms with E-state index in [4.69, 9.17) is 9.84 Å². The van der Waals surface area contributed by atoms with E-state index in [1.54, 1.807) is 43.3 Å². The molecular weight excluding hydrogens is 322 g/mol. The summed E-state index contributed by atoms with van der Waals surface area (Å²) in [5.41, 5.74) is 1.98. The highest BCUT2D eigenvalue weighted by Gasteiger charge is 2.12. The molecule has 0 spiro atoms. The van der Waals surface area contributed by atoms with Crippen molar-refractivity contribution < 1.29 is 24.2 Å². The van der Waals surface area contributed by atoms with E-state index in [0.717, 1.165) is 0 Å². The lowest BCUT2D eigenvalue weighted by Gasteiger charge is -2.07. The number of aliphatic hydroxyl groups excluding tert-OH is 1. The highest BCUT2D eigenvalue weighted by atomic mass is 16.5. The summed E-state index contributed by atoms with van der Waals surface area (Å²) in [4.78, 5) is 35.3. The molecule has 0 aromatic heterocycles. The van der Waals surface area contributed by atoms with Gasteiger partial charge >= 0.3 is 5.97 Å². The number of benzene rings is 2. The van der Waals surface area contributed by atoms with Gasteiger partial charge in [-0.25, -0.2) is 4.79 Å². The summed E-state index contributed by atoms with van der Waals surface area (Å²) in [7, 11) is 0. The smallest absolute Gasteiger partial charge is 0.338 e. The molecule has 0 fully saturated rings. The van der Waals surface area contributed by atoms with Crippen molar-refractivity contribution in [3.05, 3.63) is 65.2 Å². The number of anilines is 1. The van der Waals surface area contributed by atoms with Gasteiger partial charge in [-0.2, -0.15) is 0 Å². The SMILES string of the molecule is CCC(=O)Nc1ccc(C(=O)COC(=O)c2ccc(CO)cc2)cc1. The van der Waals surface area contributed by atoms with E-state index < -0.39 is 5.97 Å². The molecule has 0 aliphatic rings. The maximum atomic E-state index is 12.1. The molecule has 0 aliphatic heterocycles. The van der Waals surface area contributed by atoms with Crippen LogP contribution in [0.25, 0.3) is 0 Å². The molecule has 1 amide bonds. The normalized spacial score (nSPS) is 10.2. The van der Waals surface area contributed by atoms with Gasteiger partial charge in [0, 0.05) is 17.7 Å². The van der Waals surface area contributed by atoms with Gasteiger partial charge in [-0.15, -0.1) is 0 Å². The first-order valence-corrected chi connectivity index (χ1v) is 7.83. The maximum Gasteiger partial charge on any atom is 0.338 e. The number of esters is 1. The Morgan fingerprint density at radius 1 is 0.960 bits per heavy atom. The average molecular weight is 341 g/mol. The number of amides is 1. The van der Waals surface area contributed by atoms with Crippen LogP contribution in [0.1, 0.15) is 39.6 Å². The largest absolute Gasteiger partial charge is 0.454 e. The standard InChI is InChI=1S/C19H19NO5/c1-2-18(23)20-16-9-7-14(8-10-16)17(22)12-25-19(24)15-5-3-13(11-21)4-6-15/h3-10,21H,2,11-12H2,1H3,(H,20,23).